The minimum Gasteiger partial charge on any atom is -0.324 e. The Bertz CT molecular complexity index is 683. The van der Waals surface area contributed by atoms with Crippen LogP contribution in [0.15, 0.2) is 12.7 Å². The Labute approximate surface area is 154 Å². The van der Waals surface area contributed by atoms with Gasteiger partial charge in [-0.3, -0.25) is 9.48 Å². The van der Waals surface area contributed by atoms with Crippen molar-refractivity contribution in [2.24, 2.45) is 16.7 Å². The molecule has 1 saturated carbocycles. The molecule has 2 aliphatic rings. The molecule has 0 N–H and O–H groups in total. The molecule has 2 heterocycles. The van der Waals surface area contributed by atoms with Crippen molar-refractivity contribution in [1.29, 1.82) is 5.26 Å². The maximum absolute atomic E-state index is 13.6. The molecule has 7 heteroatoms. The van der Waals surface area contributed by atoms with E-state index in [2.05, 4.69) is 36.9 Å². The van der Waals surface area contributed by atoms with Gasteiger partial charge in [0.2, 0.25) is 5.91 Å². The molecule has 1 amide bonds. The van der Waals surface area contributed by atoms with Gasteiger partial charge in [-0.2, -0.15) is 10.4 Å². The van der Waals surface area contributed by atoms with Crippen LogP contribution in [0.1, 0.15) is 52.9 Å². The first kappa shape index (κ1) is 18.8. The van der Waals surface area contributed by atoms with Crippen molar-refractivity contribution in [3.63, 3.8) is 0 Å². The molecule has 1 saturated heterocycles. The van der Waals surface area contributed by atoms with Crippen LogP contribution < -0.4 is 0 Å². The number of nitrogens with zero attached hydrogens (tertiary/aromatic N) is 5. The number of amides is 1. The van der Waals surface area contributed by atoms with Crippen LogP contribution >= 0.6 is 0 Å². The lowest BCUT2D eigenvalue weighted by atomic mass is 9.63. The molecule has 26 heavy (non-hydrogen) atoms. The summed E-state index contributed by atoms with van der Waals surface area (Å²) < 4.78 is 15.5. The number of nitriles is 1. The smallest absolute Gasteiger partial charge is 0.223 e. The van der Waals surface area contributed by atoms with E-state index in [9.17, 15) is 9.18 Å². The van der Waals surface area contributed by atoms with Crippen LogP contribution in [0.2, 0.25) is 0 Å². The largest absolute Gasteiger partial charge is 0.324 e. The van der Waals surface area contributed by atoms with Gasteiger partial charge >= 0.3 is 0 Å². The summed E-state index contributed by atoms with van der Waals surface area (Å²) >= 11 is 0. The predicted molar refractivity (Wildman–Crippen MR) is 94.5 cm³/mol. The van der Waals surface area contributed by atoms with Crippen molar-refractivity contribution < 1.29 is 9.18 Å². The van der Waals surface area contributed by atoms with Gasteiger partial charge in [-0.1, -0.05) is 20.8 Å². The van der Waals surface area contributed by atoms with E-state index in [4.69, 9.17) is 5.26 Å². The highest BCUT2D eigenvalue weighted by Crippen LogP contribution is 2.58. The number of halogens is 1. The lowest BCUT2D eigenvalue weighted by Gasteiger charge is -2.42. The summed E-state index contributed by atoms with van der Waals surface area (Å²) in [6, 6.07) is 1.45. The van der Waals surface area contributed by atoms with E-state index in [1.807, 2.05) is 4.68 Å². The fourth-order valence-electron chi connectivity index (χ4n) is 4.70. The van der Waals surface area contributed by atoms with Crippen LogP contribution in [-0.4, -0.2) is 44.3 Å². The molecule has 1 aromatic heterocycles. The maximum atomic E-state index is 13.6. The second kappa shape index (κ2) is 6.98. The van der Waals surface area contributed by atoms with Crippen molar-refractivity contribution in [3.8, 4) is 6.07 Å². The van der Waals surface area contributed by atoms with E-state index in [-0.39, 0.29) is 29.7 Å². The molecule has 1 aliphatic heterocycles. The third kappa shape index (κ3) is 3.34. The molecule has 1 aromatic rings. The third-order valence-corrected chi connectivity index (χ3v) is 7.10. The summed E-state index contributed by atoms with van der Waals surface area (Å²) in [6.45, 7) is 7.70. The fraction of sp³-hybridized carbons (Fsp3) is 0.789. The molecule has 4 atom stereocenters. The summed E-state index contributed by atoms with van der Waals surface area (Å²) in [4.78, 5) is 18.0. The molecule has 0 spiro atoms. The highest BCUT2D eigenvalue weighted by atomic mass is 19.1. The number of hydrogen-bond donors (Lipinski definition) is 0. The van der Waals surface area contributed by atoms with Gasteiger partial charge in [0.25, 0.3) is 0 Å². The SMILES string of the molecule is CC1(CCC(=O)N2CC(F)CC2C#N)CCC(Cn2cncn2)C1(C)C. The molecule has 0 bridgehead atoms. The first-order valence-corrected chi connectivity index (χ1v) is 9.42. The first-order chi connectivity index (χ1) is 12.3. The minimum atomic E-state index is -1.07. The molecule has 2 fully saturated rings. The Morgan fingerprint density at radius 2 is 2.19 bits per heavy atom. The van der Waals surface area contributed by atoms with Gasteiger partial charge in [-0.05, 0) is 36.0 Å². The number of alkyl halides is 1. The third-order valence-electron chi connectivity index (χ3n) is 7.10. The average Bonchev–Trinajstić information content (AvgIpc) is 3.29. The molecule has 1 aliphatic carbocycles. The number of hydrogen-bond acceptors (Lipinski definition) is 4. The lowest BCUT2D eigenvalue weighted by molar-refractivity contribution is -0.132. The van der Waals surface area contributed by atoms with Crippen LogP contribution in [0.3, 0.4) is 0 Å². The number of carbonyl (C=O) groups excluding carboxylic acids is 1. The molecule has 142 valence electrons. The van der Waals surface area contributed by atoms with Crippen LogP contribution in [0, 0.1) is 28.1 Å². The second-order valence-electron chi connectivity index (χ2n) is 8.66. The van der Waals surface area contributed by atoms with E-state index in [1.54, 1.807) is 12.7 Å². The van der Waals surface area contributed by atoms with E-state index in [1.165, 1.54) is 4.90 Å². The zero-order valence-corrected chi connectivity index (χ0v) is 15.9. The van der Waals surface area contributed by atoms with Gasteiger partial charge in [-0.15, -0.1) is 0 Å². The zero-order chi connectivity index (χ0) is 18.9. The number of aromatic nitrogens is 3. The Morgan fingerprint density at radius 3 is 2.85 bits per heavy atom. The molecule has 3 rings (SSSR count). The van der Waals surface area contributed by atoms with Crippen molar-refractivity contribution in [3.05, 3.63) is 12.7 Å². The summed E-state index contributed by atoms with van der Waals surface area (Å²) in [5, 5.41) is 13.4. The Balaban J connectivity index is 1.62. The van der Waals surface area contributed by atoms with Gasteiger partial charge in [0.1, 0.15) is 24.9 Å². The standard InChI is InChI=1S/C19H28FN5O/c1-18(2)14(10-24-13-22-12-23-24)4-6-19(18,3)7-5-17(26)25-11-15(20)8-16(25)9-21/h12-16H,4-8,10-11H2,1-3H3. The second-order valence-corrected chi connectivity index (χ2v) is 8.66. The minimum absolute atomic E-state index is 0.0326. The van der Waals surface area contributed by atoms with E-state index >= 15 is 0 Å². The number of carbonyl (C=O) groups is 1. The van der Waals surface area contributed by atoms with E-state index < -0.39 is 12.2 Å². The van der Waals surface area contributed by atoms with Crippen LogP contribution in [0.25, 0.3) is 0 Å². The highest BCUT2D eigenvalue weighted by Gasteiger charge is 2.51. The molecule has 0 radical (unpaired) electrons. The van der Waals surface area contributed by atoms with Gasteiger partial charge in [0, 0.05) is 19.4 Å². The molecule has 6 nitrogen and oxygen atoms in total. The van der Waals surface area contributed by atoms with Crippen LogP contribution in [-0.2, 0) is 11.3 Å². The normalized spacial score (nSPS) is 33.3. The Hall–Kier alpha value is -1.97. The van der Waals surface area contributed by atoms with E-state index in [0.29, 0.717) is 12.3 Å². The zero-order valence-electron chi connectivity index (χ0n) is 15.9. The van der Waals surface area contributed by atoms with Crippen LogP contribution in [0.5, 0.6) is 0 Å². The molecular weight excluding hydrogens is 333 g/mol. The molecule has 4 unspecified atom stereocenters. The van der Waals surface area contributed by atoms with Crippen molar-refractivity contribution in [1.82, 2.24) is 19.7 Å². The Morgan fingerprint density at radius 1 is 1.42 bits per heavy atom. The monoisotopic (exact) mass is 361 g/mol. The summed E-state index contributed by atoms with van der Waals surface area (Å²) in [5.41, 5.74) is 0.0897. The van der Waals surface area contributed by atoms with Gasteiger partial charge in [0.15, 0.2) is 0 Å². The van der Waals surface area contributed by atoms with Gasteiger partial charge < -0.3 is 4.90 Å². The van der Waals surface area contributed by atoms with Gasteiger partial charge in [-0.25, -0.2) is 9.37 Å². The molecule has 0 aromatic carbocycles. The summed E-state index contributed by atoms with van der Waals surface area (Å²) in [5.74, 6) is 0.381. The first-order valence-electron chi connectivity index (χ1n) is 9.42. The van der Waals surface area contributed by atoms with Crippen molar-refractivity contribution in [2.45, 2.75) is 71.6 Å². The van der Waals surface area contributed by atoms with Gasteiger partial charge in [0.05, 0.1) is 12.6 Å². The topological polar surface area (TPSA) is 74.8 Å². The number of likely N-dealkylation sites (tertiary alicyclic amines) is 1. The molecular formula is C19H28FN5O. The van der Waals surface area contributed by atoms with Crippen molar-refractivity contribution in [2.75, 3.05) is 6.54 Å². The Kier molecular flexibility index (Phi) is 5.05. The van der Waals surface area contributed by atoms with E-state index in [0.717, 1.165) is 25.8 Å². The lowest BCUT2D eigenvalue weighted by Crippen LogP contribution is -2.39. The predicted octanol–water partition coefficient (Wildman–Crippen LogP) is 2.96. The highest BCUT2D eigenvalue weighted by molar-refractivity contribution is 5.77. The summed E-state index contributed by atoms with van der Waals surface area (Å²) in [7, 11) is 0. The number of rotatable bonds is 5. The fourth-order valence-corrected chi connectivity index (χ4v) is 4.70. The van der Waals surface area contributed by atoms with Crippen molar-refractivity contribution >= 4 is 5.91 Å². The van der Waals surface area contributed by atoms with Crippen LogP contribution in [0.4, 0.5) is 4.39 Å². The average molecular weight is 361 g/mol. The maximum Gasteiger partial charge on any atom is 0.223 e. The summed E-state index contributed by atoms with van der Waals surface area (Å²) in [6.07, 6.45) is 5.66. The quantitative estimate of drug-likeness (QED) is 0.808.